The van der Waals surface area contributed by atoms with Crippen molar-refractivity contribution in [2.24, 2.45) is 0 Å². The van der Waals surface area contributed by atoms with Gasteiger partial charge in [0.1, 0.15) is 0 Å². The van der Waals surface area contributed by atoms with Crippen LogP contribution in [0, 0.1) is 0 Å². The Morgan fingerprint density at radius 3 is 2.53 bits per heavy atom. The number of nitrogens with one attached hydrogen (secondary N) is 1. The first-order chi connectivity index (χ1) is 8.20. The molecule has 102 valence electrons. The topological polar surface area (TPSA) is 56.8 Å². The van der Waals surface area contributed by atoms with E-state index in [9.17, 15) is 4.57 Å². The monoisotopic (exact) mass is 265 g/mol. The van der Waals surface area contributed by atoms with Crippen molar-refractivity contribution in [1.29, 1.82) is 0 Å². The molecule has 1 atom stereocenters. The largest absolute Gasteiger partial charge is 0.379 e. The fourth-order valence-corrected chi connectivity index (χ4v) is 3.33. The summed E-state index contributed by atoms with van der Waals surface area (Å²) in [4.78, 5) is 0. The van der Waals surface area contributed by atoms with E-state index in [1.807, 2.05) is 13.8 Å². The Hall–Kier alpha value is 0.0700. The molecule has 0 radical (unpaired) electrons. The van der Waals surface area contributed by atoms with Crippen LogP contribution in [0.15, 0.2) is 0 Å². The highest BCUT2D eigenvalue weighted by molar-refractivity contribution is 7.53. The molecule has 17 heavy (non-hydrogen) atoms. The average Bonchev–Trinajstić information content (AvgIpc) is 2.78. The smallest absolute Gasteiger partial charge is 0.332 e. The standard InChI is InChI=1S/C11H24NO4P/c1-3-15-17(13,16-4-2)9-8-14-10-11-6-5-7-12-11/h11-12H,3-10H2,1-2H3/t11-/m0/s1. The summed E-state index contributed by atoms with van der Waals surface area (Å²) < 4.78 is 27.9. The summed E-state index contributed by atoms with van der Waals surface area (Å²) in [5.41, 5.74) is 0. The molecule has 1 fully saturated rings. The van der Waals surface area contributed by atoms with Crippen molar-refractivity contribution in [3.05, 3.63) is 0 Å². The second kappa shape index (κ2) is 8.22. The fourth-order valence-electron chi connectivity index (χ4n) is 1.86. The molecule has 1 rings (SSSR count). The van der Waals surface area contributed by atoms with E-state index >= 15 is 0 Å². The summed E-state index contributed by atoms with van der Waals surface area (Å²) in [6, 6.07) is 0.452. The van der Waals surface area contributed by atoms with E-state index in [0.29, 0.717) is 38.6 Å². The van der Waals surface area contributed by atoms with Crippen molar-refractivity contribution >= 4 is 7.60 Å². The Morgan fingerprint density at radius 2 is 2.00 bits per heavy atom. The molecule has 0 aromatic rings. The van der Waals surface area contributed by atoms with E-state index in [0.717, 1.165) is 13.0 Å². The summed E-state index contributed by atoms with van der Waals surface area (Å²) in [6.07, 6.45) is 2.71. The second-order valence-electron chi connectivity index (χ2n) is 4.04. The van der Waals surface area contributed by atoms with E-state index in [1.165, 1.54) is 6.42 Å². The van der Waals surface area contributed by atoms with Gasteiger partial charge in [0.15, 0.2) is 0 Å². The lowest BCUT2D eigenvalue weighted by atomic mass is 10.2. The summed E-state index contributed by atoms with van der Waals surface area (Å²) >= 11 is 0. The van der Waals surface area contributed by atoms with Crippen LogP contribution in [0.2, 0.25) is 0 Å². The Bertz CT molecular complexity index is 234. The molecule has 1 N–H and O–H groups in total. The first-order valence-corrected chi connectivity index (χ1v) is 8.12. The molecular formula is C11H24NO4P. The van der Waals surface area contributed by atoms with Crippen LogP contribution in [0.25, 0.3) is 0 Å². The molecule has 0 unspecified atom stereocenters. The van der Waals surface area contributed by atoms with Gasteiger partial charge in [-0.05, 0) is 33.2 Å². The highest BCUT2D eigenvalue weighted by atomic mass is 31.2. The summed E-state index contributed by atoms with van der Waals surface area (Å²) in [6.45, 7) is 6.62. The SMILES string of the molecule is CCOP(=O)(CCOC[C@@H]1CCCN1)OCC. The van der Waals surface area contributed by atoms with Crippen molar-refractivity contribution < 1.29 is 18.3 Å². The maximum atomic E-state index is 12.1. The lowest BCUT2D eigenvalue weighted by molar-refractivity contribution is 0.122. The molecule has 1 aliphatic heterocycles. The van der Waals surface area contributed by atoms with Crippen LogP contribution in [-0.4, -0.2) is 45.2 Å². The third-order valence-corrected chi connectivity index (χ3v) is 4.68. The lowest BCUT2D eigenvalue weighted by Gasteiger charge is -2.17. The van der Waals surface area contributed by atoms with Crippen LogP contribution in [-0.2, 0) is 18.3 Å². The Morgan fingerprint density at radius 1 is 1.29 bits per heavy atom. The van der Waals surface area contributed by atoms with E-state index in [2.05, 4.69) is 5.32 Å². The van der Waals surface area contributed by atoms with Gasteiger partial charge in [0.25, 0.3) is 0 Å². The van der Waals surface area contributed by atoms with Gasteiger partial charge < -0.3 is 19.1 Å². The molecule has 0 bridgehead atoms. The van der Waals surface area contributed by atoms with Gasteiger partial charge in [0, 0.05) is 6.04 Å². The van der Waals surface area contributed by atoms with Gasteiger partial charge in [-0.2, -0.15) is 0 Å². The van der Waals surface area contributed by atoms with Crippen molar-refractivity contribution in [1.82, 2.24) is 5.32 Å². The third-order valence-electron chi connectivity index (χ3n) is 2.64. The molecule has 0 saturated carbocycles. The minimum Gasteiger partial charge on any atom is -0.379 e. The highest BCUT2D eigenvalue weighted by Gasteiger charge is 2.23. The van der Waals surface area contributed by atoms with Gasteiger partial charge in [0.2, 0.25) is 0 Å². The molecule has 0 aromatic carbocycles. The van der Waals surface area contributed by atoms with Gasteiger partial charge in [-0.25, -0.2) is 0 Å². The fraction of sp³-hybridized carbons (Fsp3) is 1.00. The first-order valence-electron chi connectivity index (χ1n) is 6.39. The van der Waals surface area contributed by atoms with Crippen LogP contribution >= 0.6 is 7.60 Å². The second-order valence-corrected chi connectivity index (χ2v) is 6.22. The molecule has 1 heterocycles. The van der Waals surface area contributed by atoms with E-state index in [-0.39, 0.29) is 0 Å². The average molecular weight is 265 g/mol. The first kappa shape index (κ1) is 15.1. The normalized spacial score (nSPS) is 20.9. The predicted molar refractivity (Wildman–Crippen MR) is 67.6 cm³/mol. The molecule has 5 nitrogen and oxygen atoms in total. The minimum absolute atomic E-state index is 0.335. The van der Waals surface area contributed by atoms with E-state index < -0.39 is 7.60 Å². The lowest BCUT2D eigenvalue weighted by Crippen LogP contribution is -2.27. The Kier molecular flexibility index (Phi) is 7.32. The zero-order valence-electron chi connectivity index (χ0n) is 10.8. The van der Waals surface area contributed by atoms with E-state index in [1.54, 1.807) is 0 Å². The summed E-state index contributed by atoms with van der Waals surface area (Å²) in [7, 11) is -2.93. The highest BCUT2D eigenvalue weighted by Crippen LogP contribution is 2.47. The zero-order chi connectivity index (χ0) is 12.6. The molecule has 0 aromatic heterocycles. The Balaban J connectivity index is 2.15. The van der Waals surface area contributed by atoms with Crippen molar-refractivity contribution in [2.75, 3.05) is 39.1 Å². The van der Waals surface area contributed by atoms with Gasteiger partial charge in [-0.3, -0.25) is 4.57 Å². The molecule has 6 heteroatoms. The predicted octanol–water partition coefficient (Wildman–Crippen LogP) is 2.02. The van der Waals surface area contributed by atoms with Crippen LogP contribution in [0.1, 0.15) is 26.7 Å². The van der Waals surface area contributed by atoms with Gasteiger partial charge >= 0.3 is 7.60 Å². The summed E-state index contributed by atoms with van der Waals surface area (Å²) in [5, 5.41) is 3.35. The number of hydrogen-bond donors (Lipinski definition) is 1. The van der Waals surface area contributed by atoms with Crippen molar-refractivity contribution in [3.8, 4) is 0 Å². The van der Waals surface area contributed by atoms with Gasteiger partial charge in [-0.15, -0.1) is 0 Å². The van der Waals surface area contributed by atoms with Crippen LogP contribution in [0.4, 0.5) is 0 Å². The van der Waals surface area contributed by atoms with Crippen molar-refractivity contribution in [3.63, 3.8) is 0 Å². The van der Waals surface area contributed by atoms with Crippen LogP contribution < -0.4 is 5.32 Å². The molecule has 0 aliphatic carbocycles. The van der Waals surface area contributed by atoms with Crippen molar-refractivity contribution in [2.45, 2.75) is 32.7 Å². The zero-order valence-corrected chi connectivity index (χ0v) is 11.7. The molecule has 1 saturated heterocycles. The minimum atomic E-state index is -2.93. The van der Waals surface area contributed by atoms with E-state index in [4.69, 9.17) is 13.8 Å². The molecule has 0 spiro atoms. The number of ether oxygens (including phenoxy) is 1. The van der Waals surface area contributed by atoms with Crippen LogP contribution in [0.3, 0.4) is 0 Å². The Labute approximate surface area is 104 Å². The number of rotatable bonds is 9. The van der Waals surface area contributed by atoms with Crippen LogP contribution in [0.5, 0.6) is 0 Å². The number of hydrogen-bond acceptors (Lipinski definition) is 5. The molecular weight excluding hydrogens is 241 g/mol. The molecule has 0 amide bonds. The van der Waals surface area contributed by atoms with Gasteiger partial charge in [-0.1, -0.05) is 0 Å². The molecule has 1 aliphatic rings. The summed E-state index contributed by atoms with van der Waals surface area (Å²) in [5.74, 6) is 0. The maximum Gasteiger partial charge on any atom is 0.332 e. The van der Waals surface area contributed by atoms with Gasteiger partial charge in [0.05, 0.1) is 32.6 Å². The quantitative estimate of drug-likeness (QED) is 0.510. The third kappa shape index (κ3) is 5.98. The maximum absolute atomic E-state index is 12.1.